The third-order valence-electron chi connectivity index (χ3n) is 4.91. The maximum Gasteiger partial charge on any atom is 0.449 e. The topological polar surface area (TPSA) is 47.4 Å². The van der Waals surface area contributed by atoms with E-state index in [4.69, 9.17) is 4.74 Å². The zero-order valence-corrected chi connectivity index (χ0v) is 15.2. The van der Waals surface area contributed by atoms with Crippen LogP contribution >= 0.6 is 0 Å². The van der Waals surface area contributed by atoms with Gasteiger partial charge in [0.1, 0.15) is 12.3 Å². The van der Waals surface area contributed by atoms with Crippen molar-refractivity contribution in [2.45, 2.75) is 25.6 Å². The van der Waals surface area contributed by atoms with Crippen molar-refractivity contribution in [2.24, 2.45) is 0 Å². The minimum atomic E-state index is -4.65. The van der Waals surface area contributed by atoms with Gasteiger partial charge in [0.2, 0.25) is 11.7 Å². The lowest BCUT2D eigenvalue weighted by atomic mass is 10.0. The van der Waals surface area contributed by atoms with Gasteiger partial charge in [0, 0.05) is 12.2 Å². The van der Waals surface area contributed by atoms with E-state index in [0.717, 1.165) is 28.7 Å². The van der Waals surface area contributed by atoms with Crippen molar-refractivity contribution >= 4 is 22.6 Å². The Morgan fingerprint density at radius 3 is 2.75 bits per heavy atom. The summed E-state index contributed by atoms with van der Waals surface area (Å²) < 4.78 is 46.6. The fourth-order valence-electron chi connectivity index (χ4n) is 3.63. The summed E-state index contributed by atoms with van der Waals surface area (Å²) in [7, 11) is 1.57. The number of carbonyl (C=O) groups is 1. The molecule has 1 aliphatic rings. The number of hydrogen-bond acceptors (Lipinski definition) is 3. The minimum absolute atomic E-state index is 0.214. The maximum atomic E-state index is 13.5. The number of aromatic nitrogens is 2. The second kappa shape index (κ2) is 6.85. The zero-order chi connectivity index (χ0) is 19.9. The van der Waals surface area contributed by atoms with Gasteiger partial charge in [0.05, 0.1) is 18.1 Å². The highest BCUT2D eigenvalue weighted by Crippen LogP contribution is 2.33. The lowest BCUT2D eigenvalue weighted by molar-refractivity contribution is -0.147. The van der Waals surface area contributed by atoms with Gasteiger partial charge in [-0.25, -0.2) is 4.98 Å². The molecule has 0 saturated heterocycles. The van der Waals surface area contributed by atoms with Crippen LogP contribution in [0.2, 0.25) is 0 Å². The van der Waals surface area contributed by atoms with Crippen LogP contribution < -0.4 is 9.64 Å². The van der Waals surface area contributed by atoms with Gasteiger partial charge in [-0.1, -0.05) is 12.1 Å². The number of alkyl halides is 3. The Balaban J connectivity index is 1.71. The first-order valence-corrected chi connectivity index (χ1v) is 8.88. The standard InChI is InChI=1S/C20H18F3N3O2/c1-28-14-8-9-16-13(11-14)5-4-10-25(16)18(27)12-26-17-7-3-2-6-15(17)24-19(26)20(21,22)23/h2-3,6-9,11H,4-5,10,12H2,1H3. The first kappa shape index (κ1) is 18.3. The van der Waals surface area contributed by atoms with Crippen molar-refractivity contribution in [3.8, 4) is 5.75 Å². The summed E-state index contributed by atoms with van der Waals surface area (Å²) in [4.78, 5) is 18.2. The molecule has 0 N–H and O–H groups in total. The van der Waals surface area contributed by atoms with Crippen molar-refractivity contribution in [1.82, 2.24) is 9.55 Å². The van der Waals surface area contributed by atoms with E-state index >= 15 is 0 Å². The molecular formula is C20H18F3N3O2. The Bertz CT molecular complexity index is 1040. The Morgan fingerprint density at radius 1 is 1.21 bits per heavy atom. The molecule has 3 aromatic rings. The van der Waals surface area contributed by atoms with Crippen LogP contribution in [0.25, 0.3) is 11.0 Å². The third kappa shape index (κ3) is 3.19. The quantitative estimate of drug-likeness (QED) is 0.679. The van der Waals surface area contributed by atoms with E-state index in [2.05, 4.69) is 4.98 Å². The highest BCUT2D eigenvalue weighted by Gasteiger charge is 2.38. The van der Waals surface area contributed by atoms with E-state index in [1.807, 2.05) is 6.07 Å². The monoisotopic (exact) mass is 389 g/mol. The third-order valence-corrected chi connectivity index (χ3v) is 4.91. The molecule has 1 aromatic heterocycles. The van der Waals surface area contributed by atoms with Crippen molar-refractivity contribution in [1.29, 1.82) is 0 Å². The van der Waals surface area contributed by atoms with Crippen LogP contribution in [0.4, 0.5) is 18.9 Å². The molecule has 146 valence electrons. The van der Waals surface area contributed by atoms with Crippen LogP contribution in [0, 0.1) is 0 Å². The van der Waals surface area contributed by atoms with Gasteiger partial charge in [-0.3, -0.25) is 4.79 Å². The molecule has 2 heterocycles. The fourth-order valence-corrected chi connectivity index (χ4v) is 3.63. The maximum absolute atomic E-state index is 13.5. The molecule has 0 spiro atoms. The molecule has 0 atom stereocenters. The summed E-state index contributed by atoms with van der Waals surface area (Å²) in [5.74, 6) is -0.776. The van der Waals surface area contributed by atoms with Crippen molar-refractivity contribution in [3.05, 3.63) is 53.9 Å². The number of aryl methyl sites for hydroxylation is 1. The molecule has 0 bridgehead atoms. The lowest BCUT2D eigenvalue weighted by Crippen LogP contribution is -2.38. The number of rotatable bonds is 3. The molecule has 1 aliphatic heterocycles. The number of nitrogens with zero attached hydrogens (tertiary/aromatic N) is 3. The first-order chi connectivity index (χ1) is 13.4. The molecule has 28 heavy (non-hydrogen) atoms. The van der Waals surface area contributed by atoms with Crippen molar-refractivity contribution in [2.75, 3.05) is 18.6 Å². The van der Waals surface area contributed by atoms with Gasteiger partial charge in [-0.2, -0.15) is 13.2 Å². The van der Waals surface area contributed by atoms with Crippen molar-refractivity contribution in [3.63, 3.8) is 0 Å². The predicted molar refractivity (Wildman–Crippen MR) is 98.4 cm³/mol. The highest BCUT2D eigenvalue weighted by molar-refractivity contribution is 5.95. The molecule has 5 nitrogen and oxygen atoms in total. The molecule has 1 amide bonds. The molecule has 4 rings (SSSR count). The highest BCUT2D eigenvalue weighted by atomic mass is 19.4. The number of anilines is 1. The number of methoxy groups -OCH3 is 1. The summed E-state index contributed by atoms with van der Waals surface area (Å²) in [6.07, 6.45) is -3.12. The average molecular weight is 389 g/mol. The molecule has 0 radical (unpaired) electrons. The van der Waals surface area contributed by atoms with Crippen molar-refractivity contribution < 1.29 is 22.7 Å². The molecule has 0 saturated carbocycles. The van der Waals surface area contributed by atoms with E-state index in [1.54, 1.807) is 42.3 Å². The van der Waals surface area contributed by atoms with Gasteiger partial charge in [-0.05, 0) is 48.7 Å². The molecular weight excluding hydrogens is 371 g/mol. The number of carbonyl (C=O) groups excluding carboxylic acids is 1. The number of amides is 1. The Kier molecular flexibility index (Phi) is 4.49. The summed E-state index contributed by atoms with van der Waals surface area (Å²) in [5.41, 5.74) is 2.17. The second-order valence-corrected chi connectivity index (χ2v) is 6.65. The number of benzene rings is 2. The van der Waals surface area contributed by atoms with E-state index < -0.39 is 24.5 Å². The van der Waals surface area contributed by atoms with Gasteiger partial charge < -0.3 is 14.2 Å². The van der Waals surface area contributed by atoms with Crippen LogP contribution in [0.3, 0.4) is 0 Å². The summed E-state index contributed by atoms with van der Waals surface area (Å²) in [5, 5.41) is 0. The van der Waals surface area contributed by atoms with Gasteiger partial charge >= 0.3 is 6.18 Å². The van der Waals surface area contributed by atoms with Crippen LogP contribution in [-0.4, -0.2) is 29.1 Å². The second-order valence-electron chi connectivity index (χ2n) is 6.65. The van der Waals surface area contributed by atoms with E-state index in [9.17, 15) is 18.0 Å². The number of halogens is 3. The Labute approximate surface area is 159 Å². The summed E-state index contributed by atoms with van der Waals surface area (Å²) in [6, 6.07) is 11.7. The largest absolute Gasteiger partial charge is 0.497 e. The number of hydrogen-bond donors (Lipinski definition) is 0. The normalized spacial score (nSPS) is 14.2. The Morgan fingerprint density at radius 2 is 2.00 bits per heavy atom. The fraction of sp³-hybridized carbons (Fsp3) is 0.300. The lowest BCUT2D eigenvalue weighted by Gasteiger charge is -2.30. The molecule has 0 aliphatic carbocycles. The van der Waals surface area contributed by atoms with E-state index in [0.29, 0.717) is 12.3 Å². The molecule has 0 fully saturated rings. The number of imidazole rings is 1. The van der Waals surface area contributed by atoms with Gasteiger partial charge in [-0.15, -0.1) is 0 Å². The SMILES string of the molecule is COc1ccc2c(c1)CCCN2C(=O)Cn1c(C(F)(F)F)nc2ccccc21. The minimum Gasteiger partial charge on any atom is -0.497 e. The van der Waals surface area contributed by atoms with E-state index in [1.165, 1.54) is 6.07 Å². The Hall–Kier alpha value is -3.03. The van der Waals surface area contributed by atoms with Gasteiger partial charge in [0.25, 0.3) is 0 Å². The molecule has 8 heteroatoms. The molecule has 0 unspecified atom stereocenters. The zero-order valence-electron chi connectivity index (χ0n) is 15.2. The number of ether oxygens (including phenoxy) is 1. The number of para-hydroxylation sites is 2. The molecule has 2 aromatic carbocycles. The van der Waals surface area contributed by atoms with Crippen LogP contribution in [-0.2, 0) is 23.9 Å². The van der Waals surface area contributed by atoms with Crippen LogP contribution in [0.15, 0.2) is 42.5 Å². The van der Waals surface area contributed by atoms with E-state index in [-0.39, 0.29) is 11.0 Å². The smallest absolute Gasteiger partial charge is 0.449 e. The number of fused-ring (bicyclic) bond motifs is 2. The van der Waals surface area contributed by atoms with Crippen LogP contribution in [0.1, 0.15) is 17.8 Å². The predicted octanol–water partition coefficient (Wildman–Crippen LogP) is 4.04. The average Bonchev–Trinajstić information content (AvgIpc) is 3.06. The van der Waals surface area contributed by atoms with Gasteiger partial charge in [0.15, 0.2) is 0 Å². The summed E-state index contributed by atoms with van der Waals surface area (Å²) in [6.45, 7) is 0.0347. The van der Waals surface area contributed by atoms with Crippen LogP contribution in [0.5, 0.6) is 5.75 Å². The first-order valence-electron chi connectivity index (χ1n) is 8.88. The summed E-state index contributed by atoms with van der Waals surface area (Å²) >= 11 is 0.